The fraction of sp³-hybridized carbons (Fsp3) is 0.152. The lowest BCUT2D eigenvalue weighted by molar-refractivity contribution is 0.102. The van der Waals surface area contributed by atoms with E-state index in [1.54, 1.807) is 28.4 Å². The van der Waals surface area contributed by atoms with Gasteiger partial charge in [0.15, 0.2) is 15.9 Å². The molecule has 12 heteroatoms. The molecular formula is C33H26N8O2S2. The maximum absolute atomic E-state index is 13.4. The van der Waals surface area contributed by atoms with E-state index in [1.807, 2.05) is 66.9 Å². The highest BCUT2D eigenvalue weighted by atomic mass is 32.1. The van der Waals surface area contributed by atoms with E-state index in [2.05, 4.69) is 36.3 Å². The average molecular weight is 631 g/mol. The van der Waals surface area contributed by atoms with Crippen molar-refractivity contribution in [2.45, 2.75) is 19.4 Å². The van der Waals surface area contributed by atoms with E-state index in [1.165, 1.54) is 23.2 Å². The van der Waals surface area contributed by atoms with E-state index in [0.717, 1.165) is 67.6 Å². The summed E-state index contributed by atoms with van der Waals surface area (Å²) in [6.45, 7) is 2.02. The number of aromatic nitrogens is 6. The number of carbonyl (C=O) groups is 1. The molecule has 3 aromatic carbocycles. The normalized spacial score (nSPS) is 12.8. The topological polar surface area (TPSA) is 111 Å². The second kappa shape index (κ2) is 11.7. The van der Waals surface area contributed by atoms with Gasteiger partial charge in [0.2, 0.25) is 0 Å². The first kappa shape index (κ1) is 27.4. The minimum Gasteiger partial charge on any atom is -0.493 e. The number of ether oxygens (including phenoxy) is 1. The van der Waals surface area contributed by atoms with Crippen LogP contribution in [0, 0.1) is 0 Å². The molecule has 0 aliphatic carbocycles. The van der Waals surface area contributed by atoms with Crippen molar-refractivity contribution in [1.29, 1.82) is 0 Å². The lowest BCUT2D eigenvalue weighted by Gasteiger charge is -2.29. The number of amides is 1. The van der Waals surface area contributed by atoms with Crippen LogP contribution in [0.3, 0.4) is 0 Å². The summed E-state index contributed by atoms with van der Waals surface area (Å²) < 4.78 is 8.88. The third kappa shape index (κ3) is 5.49. The summed E-state index contributed by atoms with van der Waals surface area (Å²) in [6, 6.07) is 21.7. The molecule has 1 aliphatic rings. The van der Waals surface area contributed by atoms with E-state index in [9.17, 15) is 4.79 Å². The molecule has 1 amide bonds. The van der Waals surface area contributed by atoms with E-state index in [4.69, 9.17) is 9.72 Å². The predicted molar refractivity (Wildman–Crippen MR) is 177 cm³/mol. The Morgan fingerprint density at radius 1 is 0.956 bits per heavy atom. The van der Waals surface area contributed by atoms with E-state index >= 15 is 0 Å². The Bertz CT molecular complexity index is 2120. The Morgan fingerprint density at radius 3 is 2.78 bits per heavy atom. The van der Waals surface area contributed by atoms with Crippen LogP contribution in [-0.4, -0.2) is 48.8 Å². The summed E-state index contributed by atoms with van der Waals surface area (Å²) >= 11 is 3.16. The highest BCUT2D eigenvalue weighted by Gasteiger charge is 2.24. The van der Waals surface area contributed by atoms with Gasteiger partial charge in [0.25, 0.3) is 5.91 Å². The van der Waals surface area contributed by atoms with Gasteiger partial charge in [-0.25, -0.2) is 24.6 Å². The van der Waals surface area contributed by atoms with Gasteiger partial charge in [-0.05, 0) is 60.0 Å². The van der Waals surface area contributed by atoms with Gasteiger partial charge < -0.3 is 9.64 Å². The van der Waals surface area contributed by atoms with Crippen molar-refractivity contribution in [2.24, 2.45) is 0 Å². The van der Waals surface area contributed by atoms with Crippen LogP contribution in [-0.2, 0) is 19.4 Å². The van der Waals surface area contributed by atoms with Crippen LogP contribution in [0.1, 0.15) is 26.4 Å². The van der Waals surface area contributed by atoms with Crippen LogP contribution in [0.2, 0.25) is 0 Å². The van der Waals surface area contributed by atoms with Crippen molar-refractivity contribution in [1.82, 2.24) is 29.7 Å². The molecular weight excluding hydrogens is 605 g/mol. The molecule has 0 bridgehead atoms. The number of para-hydroxylation sites is 1. The van der Waals surface area contributed by atoms with Crippen molar-refractivity contribution in [3.63, 3.8) is 0 Å². The monoisotopic (exact) mass is 630 g/mol. The van der Waals surface area contributed by atoms with Crippen LogP contribution in [0.15, 0.2) is 91.6 Å². The first-order chi connectivity index (χ1) is 22.2. The molecule has 1 aliphatic heterocycles. The van der Waals surface area contributed by atoms with Crippen molar-refractivity contribution in [3.05, 3.63) is 113 Å². The Labute approximate surface area is 266 Å². The molecule has 5 heterocycles. The zero-order valence-electron chi connectivity index (χ0n) is 24.0. The van der Waals surface area contributed by atoms with Gasteiger partial charge in [0.1, 0.15) is 12.1 Å². The molecule has 0 spiro atoms. The third-order valence-electron chi connectivity index (χ3n) is 7.77. The molecule has 45 heavy (non-hydrogen) atoms. The van der Waals surface area contributed by atoms with Crippen LogP contribution < -0.4 is 15.0 Å². The summed E-state index contributed by atoms with van der Waals surface area (Å²) in [7, 11) is 0. The van der Waals surface area contributed by atoms with Crippen LogP contribution in [0.25, 0.3) is 26.9 Å². The minimum absolute atomic E-state index is 0.135. The van der Waals surface area contributed by atoms with Gasteiger partial charge >= 0.3 is 0 Å². The molecule has 10 nitrogen and oxygen atoms in total. The van der Waals surface area contributed by atoms with Crippen molar-refractivity contribution in [3.8, 4) is 11.4 Å². The Morgan fingerprint density at radius 2 is 1.87 bits per heavy atom. The van der Waals surface area contributed by atoms with Crippen LogP contribution in [0.4, 0.5) is 10.3 Å². The van der Waals surface area contributed by atoms with E-state index in [0.29, 0.717) is 23.8 Å². The van der Waals surface area contributed by atoms with Crippen LogP contribution >= 0.6 is 22.7 Å². The number of hydrogen-bond acceptors (Lipinski definition) is 10. The molecule has 0 radical (unpaired) electrons. The highest BCUT2D eigenvalue weighted by Crippen LogP contribution is 2.31. The number of thiazole rings is 2. The first-order valence-electron chi connectivity index (χ1n) is 14.5. The zero-order chi connectivity index (χ0) is 30.2. The summed E-state index contributed by atoms with van der Waals surface area (Å²) in [6.07, 6.45) is 8.56. The van der Waals surface area contributed by atoms with Crippen molar-refractivity contribution < 1.29 is 9.53 Å². The lowest BCUT2D eigenvalue weighted by atomic mass is 9.94. The smallest absolute Gasteiger partial charge is 0.257 e. The molecule has 7 aromatic rings. The number of carbonyl (C=O) groups excluding carboxylic acids is 1. The van der Waals surface area contributed by atoms with Gasteiger partial charge in [-0.3, -0.25) is 10.1 Å². The second-order valence-corrected chi connectivity index (χ2v) is 12.7. The fourth-order valence-electron chi connectivity index (χ4n) is 5.52. The standard InChI is InChI=1S/C33H26N8O2S2/c42-31(39-32-38-28-6-1-2-7-29(28)45-32)26-5-3-4-21-12-14-40(19-27(21)26)33-35-18-25(44-33)13-15-43-24-10-8-23(9-11-24)41-30-22(17-37-41)16-34-20-36-30/h1-11,16-18,20H,12-15,19H2,(H,38,39,42). The Balaban J connectivity index is 0.899. The summed E-state index contributed by atoms with van der Waals surface area (Å²) in [5.74, 6) is 0.656. The summed E-state index contributed by atoms with van der Waals surface area (Å²) in [4.78, 5) is 34.5. The average Bonchev–Trinajstić information content (AvgIpc) is 3.83. The predicted octanol–water partition coefficient (Wildman–Crippen LogP) is 6.32. The number of nitrogens with one attached hydrogen (secondary N) is 1. The van der Waals surface area contributed by atoms with Gasteiger partial charge in [-0.1, -0.05) is 35.6 Å². The molecule has 8 rings (SSSR count). The molecule has 0 saturated carbocycles. The van der Waals surface area contributed by atoms with E-state index < -0.39 is 0 Å². The number of anilines is 2. The molecule has 0 fully saturated rings. The van der Waals surface area contributed by atoms with Crippen molar-refractivity contribution >= 4 is 60.1 Å². The molecule has 0 saturated heterocycles. The highest BCUT2D eigenvalue weighted by molar-refractivity contribution is 7.22. The largest absolute Gasteiger partial charge is 0.493 e. The van der Waals surface area contributed by atoms with Gasteiger partial charge in [-0.2, -0.15) is 5.10 Å². The summed E-state index contributed by atoms with van der Waals surface area (Å²) in [5, 5.41) is 9.91. The number of hydrogen-bond donors (Lipinski definition) is 1. The zero-order valence-corrected chi connectivity index (χ0v) is 25.6. The number of fused-ring (bicyclic) bond motifs is 3. The Hall–Kier alpha value is -5.20. The third-order valence-corrected chi connectivity index (χ3v) is 9.84. The SMILES string of the molecule is O=C(Nc1nc2ccccc2s1)c1cccc2c1CN(c1ncc(CCOc3ccc(-n4ncc5cncnc54)cc3)s1)CC2. The molecule has 222 valence electrons. The Kier molecular flexibility index (Phi) is 7.12. The summed E-state index contributed by atoms with van der Waals surface area (Å²) in [5.41, 5.74) is 5.48. The quantitative estimate of drug-likeness (QED) is 0.208. The molecule has 0 unspecified atom stereocenters. The van der Waals surface area contributed by atoms with Gasteiger partial charge in [-0.15, -0.1) is 11.3 Å². The van der Waals surface area contributed by atoms with Crippen molar-refractivity contribution in [2.75, 3.05) is 23.4 Å². The number of nitrogens with zero attached hydrogens (tertiary/aromatic N) is 7. The van der Waals surface area contributed by atoms with Crippen LogP contribution in [0.5, 0.6) is 5.75 Å². The first-order valence-corrected chi connectivity index (χ1v) is 16.2. The maximum atomic E-state index is 13.4. The maximum Gasteiger partial charge on any atom is 0.257 e. The lowest BCUT2D eigenvalue weighted by Crippen LogP contribution is -2.32. The van der Waals surface area contributed by atoms with Gasteiger partial charge in [0, 0.05) is 42.3 Å². The molecule has 4 aromatic heterocycles. The fourth-order valence-corrected chi connectivity index (χ4v) is 7.30. The number of benzene rings is 3. The van der Waals surface area contributed by atoms with E-state index in [-0.39, 0.29) is 5.91 Å². The number of rotatable bonds is 8. The second-order valence-electron chi connectivity index (χ2n) is 10.6. The minimum atomic E-state index is -0.135. The molecule has 0 atom stereocenters. The van der Waals surface area contributed by atoms with Gasteiger partial charge in [0.05, 0.1) is 34.1 Å². The molecule has 1 N–H and O–H groups in total.